The van der Waals surface area contributed by atoms with Gasteiger partial charge in [0.1, 0.15) is 0 Å². The zero-order valence-corrected chi connectivity index (χ0v) is 17.7. The minimum Gasteiger partial charge on any atom is -0.382 e. The van der Waals surface area contributed by atoms with Crippen molar-refractivity contribution in [3.8, 4) is 0 Å². The molecule has 2 amide bonds. The summed E-state index contributed by atoms with van der Waals surface area (Å²) < 4.78 is 5.25. The molecule has 2 unspecified atom stereocenters. The minimum atomic E-state index is -0.418. The number of hydrogen-bond donors (Lipinski definition) is 3. The van der Waals surface area contributed by atoms with Crippen LogP contribution in [0.1, 0.15) is 42.2 Å². The second-order valence-electron chi connectivity index (χ2n) is 6.60. The van der Waals surface area contributed by atoms with Crippen LogP contribution in [-0.4, -0.2) is 31.6 Å². The number of halogens is 1. The Balaban J connectivity index is 0.00000420. The summed E-state index contributed by atoms with van der Waals surface area (Å²) in [5.74, 6) is -0.786. The van der Waals surface area contributed by atoms with Gasteiger partial charge in [-0.3, -0.25) is 9.59 Å². The standard InChI is InChI=1S/C22H29N3O3.ClH/c1-3-28-14-8-13-24-22(27)18-11-7-12-19(15-18)25-21(26)16(2)20(23)17-9-5-4-6-10-17;/h4-7,9-12,15-16,20H,3,8,13-14,23H2,1-2H3,(H,24,27)(H,25,26);1H. The lowest BCUT2D eigenvalue weighted by atomic mass is 9.94. The van der Waals surface area contributed by atoms with Crippen molar-refractivity contribution in [3.63, 3.8) is 0 Å². The maximum atomic E-state index is 12.6. The summed E-state index contributed by atoms with van der Waals surface area (Å²) in [6.45, 7) is 5.56. The molecule has 0 heterocycles. The fourth-order valence-electron chi connectivity index (χ4n) is 2.74. The zero-order chi connectivity index (χ0) is 20.4. The molecule has 6 nitrogen and oxygen atoms in total. The zero-order valence-electron chi connectivity index (χ0n) is 16.9. The molecular formula is C22H30ClN3O3. The lowest BCUT2D eigenvalue weighted by Gasteiger charge is -2.20. The van der Waals surface area contributed by atoms with Gasteiger partial charge in [-0.05, 0) is 37.1 Å². The number of benzene rings is 2. The molecule has 7 heteroatoms. The number of carbonyl (C=O) groups is 2. The molecule has 0 aromatic heterocycles. The largest absolute Gasteiger partial charge is 0.382 e. The van der Waals surface area contributed by atoms with Crippen LogP contribution in [0.2, 0.25) is 0 Å². The Kier molecular flexibility index (Phi) is 11.0. The van der Waals surface area contributed by atoms with E-state index in [0.717, 1.165) is 12.0 Å². The molecule has 2 atom stereocenters. The molecule has 158 valence electrons. The number of hydrogen-bond acceptors (Lipinski definition) is 4. The van der Waals surface area contributed by atoms with E-state index in [-0.39, 0.29) is 24.2 Å². The summed E-state index contributed by atoms with van der Waals surface area (Å²) >= 11 is 0. The molecule has 0 aliphatic carbocycles. The maximum Gasteiger partial charge on any atom is 0.251 e. The van der Waals surface area contributed by atoms with E-state index in [1.165, 1.54) is 0 Å². The predicted octanol–water partition coefficient (Wildman–Crippen LogP) is 3.54. The quantitative estimate of drug-likeness (QED) is 0.513. The number of ether oxygens (including phenoxy) is 1. The van der Waals surface area contributed by atoms with Gasteiger partial charge in [0.15, 0.2) is 0 Å². The molecule has 0 bridgehead atoms. The van der Waals surface area contributed by atoms with Crippen LogP contribution in [-0.2, 0) is 9.53 Å². The van der Waals surface area contributed by atoms with E-state index < -0.39 is 12.0 Å². The Morgan fingerprint density at radius 2 is 1.83 bits per heavy atom. The van der Waals surface area contributed by atoms with Crippen molar-refractivity contribution in [2.24, 2.45) is 11.7 Å². The van der Waals surface area contributed by atoms with Gasteiger partial charge in [0.2, 0.25) is 5.91 Å². The summed E-state index contributed by atoms with van der Waals surface area (Å²) in [4.78, 5) is 24.8. The van der Waals surface area contributed by atoms with Crippen molar-refractivity contribution in [1.82, 2.24) is 5.32 Å². The summed E-state index contributed by atoms with van der Waals surface area (Å²) in [6, 6.07) is 16.0. The average Bonchev–Trinajstić information content (AvgIpc) is 2.73. The second-order valence-corrected chi connectivity index (χ2v) is 6.60. The van der Waals surface area contributed by atoms with Gasteiger partial charge < -0.3 is 21.1 Å². The molecule has 29 heavy (non-hydrogen) atoms. The highest BCUT2D eigenvalue weighted by molar-refractivity contribution is 5.97. The Morgan fingerprint density at radius 1 is 1.10 bits per heavy atom. The molecule has 2 aromatic carbocycles. The van der Waals surface area contributed by atoms with Crippen LogP contribution in [0.15, 0.2) is 54.6 Å². The van der Waals surface area contributed by atoms with Gasteiger partial charge in [-0.1, -0.05) is 43.3 Å². The van der Waals surface area contributed by atoms with Crippen molar-refractivity contribution in [2.75, 3.05) is 25.1 Å². The van der Waals surface area contributed by atoms with Crippen LogP contribution < -0.4 is 16.4 Å². The SMILES string of the molecule is CCOCCCNC(=O)c1cccc(NC(=O)C(C)C(N)c2ccccc2)c1.Cl. The second kappa shape index (κ2) is 12.9. The van der Waals surface area contributed by atoms with Gasteiger partial charge >= 0.3 is 0 Å². The third kappa shape index (κ3) is 7.85. The highest BCUT2D eigenvalue weighted by atomic mass is 35.5. The van der Waals surface area contributed by atoms with Crippen molar-refractivity contribution in [2.45, 2.75) is 26.3 Å². The molecular weight excluding hydrogens is 390 g/mol. The lowest BCUT2D eigenvalue weighted by Crippen LogP contribution is -2.30. The van der Waals surface area contributed by atoms with Gasteiger partial charge in [-0.2, -0.15) is 0 Å². The third-order valence-electron chi connectivity index (χ3n) is 4.48. The van der Waals surface area contributed by atoms with Crippen molar-refractivity contribution in [1.29, 1.82) is 0 Å². The number of nitrogens with two attached hydrogens (primary N) is 1. The molecule has 0 spiro atoms. The first kappa shape index (κ1) is 24.6. The molecule has 0 saturated carbocycles. The Morgan fingerprint density at radius 3 is 2.52 bits per heavy atom. The van der Waals surface area contributed by atoms with E-state index in [4.69, 9.17) is 10.5 Å². The first-order valence-corrected chi connectivity index (χ1v) is 9.60. The van der Waals surface area contributed by atoms with Gasteiger partial charge in [0, 0.05) is 37.1 Å². The normalized spacial score (nSPS) is 12.4. The maximum absolute atomic E-state index is 12.6. The number of amides is 2. The van der Waals surface area contributed by atoms with Crippen LogP contribution in [0, 0.1) is 5.92 Å². The lowest BCUT2D eigenvalue weighted by molar-refractivity contribution is -0.120. The molecule has 0 aliphatic heterocycles. The number of carbonyl (C=O) groups excluding carboxylic acids is 2. The molecule has 2 aromatic rings. The van der Waals surface area contributed by atoms with E-state index in [1.54, 1.807) is 31.2 Å². The fourth-order valence-corrected chi connectivity index (χ4v) is 2.74. The van der Waals surface area contributed by atoms with Crippen LogP contribution in [0.3, 0.4) is 0 Å². The monoisotopic (exact) mass is 419 g/mol. The smallest absolute Gasteiger partial charge is 0.251 e. The van der Waals surface area contributed by atoms with E-state index in [1.807, 2.05) is 37.3 Å². The average molecular weight is 420 g/mol. The van der Waals surface area contributed by atoms with E-state index in [0.29, 0.717) is 31.0 Å². The Bertz CT molecular complexity index is 771. The molecule has 0 fully saturated rings. The van der Waals surface area contributed by atoms with Crippen molar-refractivity contribution >= 4 is 29.9 Å². The Labute approximate surface area is 178 Å². The molecule has 4 N–H and O–H groups in total. The molecule has 0 radical (unpaired) electrons. The van der Waals surface area contributed by atoms with Gasteiger partial charge in [0.25, 0.3) is 5.91 Å². The van der Waals surface area contributed by atoms with Gasteiger partial charge in [-0.15, -0.1) is 12.4 Å². The number of nitrogens with one attached hydrogen (secondary N) is 2. The third-order valence-corrected chi connectivity index (χ3v) is 4.48. The van der Waals surface area contributed by atoms with Gasteiger partial charge in [0.05, 0.1) is 5.92 Å². The predicted molar refractivity (Wildman–Crippen MR) is 118 cm³/mol. The molecule has 0 aliphatic rings. The van der Waals surface area contributed by atoms with Crippen LogP contribution >= 0.6 is 12.4 Å². The number of rotatable bonds is 10. The van der Waals surface area contributed by atoms with Crippen molar-refractivity contribution in [3.05, 3.63) is 65.7 Å². The van der Waals surface area contributed by atoms with E-state index >= 15 is 0 Å². The van der Waals surface area contributed by atoms with Crippen LogP contribution in [0.4, 0.5) is 5.69 Å². The first-order chi connectivity index (χ1) is 13.5. The summed E-state index contributed by atoms with van der Waals surface area (Å²) in [5.41, 5.74) is 8.20. The Hall–Kier alpha value is -2.41. The van der Waals surface area contributed by atoms with Crippen LogP contribution in [0.5, 0.6) is 0 Å². The van der Waals surface area contributed by atoms with Crippen LogP contribution in [0.25, 0.3) is 0 Å². The summed E-state index contributed by atoms with van der Waals surface area (Å²) in [7, 11) is 0. The van der Waals surface area contributed by atoms with Crippen molar-refractivity contribution < 1.29 is 14.3 Å². The summed E-state index contributed by atoms with van der Waals surface area (Å²) in [6.07, 6.45) is 0.755. The fraction of sp³-hybridized carbons (Fsp3) is 0.364. The topological polar surface area (TPSA) is 93.5 Å². The number of anilines is 1. The highest BCUT2D eigenvalue weighted by Gasteiger charge is 2.22. The molecule has 2 rings (SSSR count). The molecule has 0 saturated heterocycles. The first-order valence-electron chi connectivity index (χ1n) is 9.60. The minimum absolute atomic E-state index is 0. The summed E-state index contributed by atoms with van der Waals surface area (Å²) in [5, 5.41) is 5.70. The highest BCUT2D eigenvalue weighted by Crippen LogP contribution is 2.21. The van der Waals surface area contributed by atoms with Gasteiger partial charge in [-0.25, -0.2) is 0 Å². The van der Waals surface area contributed by atoms with E-state index in [2.05, 4.69) is 10.6 Å². The van der Waals surface area contributed by atoms with E-state index in [9.17, 15) is 9.59 Å².